The van der Waals surface area contributed by atoms with E-state index in [2.05, 4.69) is 22.6 Å². The molecule has 0 unspecified atom stereocenters. The van der Waals surface area contributed by atoms with E-state index < -0.39 is 9.05 Å². The molecule has 0 spiro atoms. The first-order chi connectivity index (χ1) is 6.48. The predicted octanol–water partition coefficient (Wildman–Crippen LogP) is 2.72. The quantitative estimate of drug-likeness (QED) is 0.612. The van der Waals surface area contributed by atoms with E-state index in [0.29, 0.717) is 6.42 Å². The second-order valence-corrected chi connectivity index (χ2v) is 7.50. The van der Waals surface area contributed by atoms with Gasteiger partial charge in [-0.1, -0.05) is 12.1 Å². The molecule has 0 N–H and O–H groups in total. The van der Waals surface area contributed by atoms with Crippen LogP contribution in [0, 0.1) is 3.57 Å². The molecule has 0 amide bonds. The van der Waals surface area contributed by atoms with E-state index in [-0.39, 0.29) is 11.2 Å². The lowest BCUT2D eigenvalue weighted by atomic mass is 10.1. The zero-order valence-electron chi connectivity index (χ0n) is 7.15. The minimum absolute atomic E-state index is 0.106. The Hall–Kier alpha value is 0.190. The van der Waals surface area contributed by atoms with E-state index in [1.165, 1.54) is 0 Å². The standard InChI is InChI=1S/C9H8ClIO2S/c10-14(12,13)9-5-8(9)6-1-3-7(11)4-2-6/h1-4,8-9H,5H2/t8-,9+/m0/s1. The Bertz CT molecular complexity index is 440. The molecule has 14 heavy (non-hydrogen) atoms. The predicted molar refractivity (Wildman–Crippen MR) is 65.1 cm³/mol. The summed E-state index contributed by atoms with van der Waals surface area (Å²) in [5.41, 5.74) is 1.07. The highest BCUT2D eigenvalue weighted by molar-refractivity contribution is 14.1. The fourth-order valence-corrected chi connectivity index (χ4v) is 3.48. The van der Waals surface area contributed by atoms with Crippen LogP contribution in [-0.4, -0.2) is 13.7 Å². The molecule has 1 aliphatic rings. The summed E-state index contributed by atoms with van der Waals surface area (Å²) >= 11 is 2.22. The van der Waals surface area contributed by atoms with Crippen LogP contribution in [0.2, 0.25) is 0 Å². The average Bonchev–Trinajstić information content (AvgIpc) is 2.83. The van der Waals surface area contributed by atoms with E-state index >= 15 is 0 Å². The molecule has 1 aliphatic carbocycles. The van der Waals surface area contributed by atoms with Crippen molar-refractivity contribution in [2.75, 3.05) is 0 Å². The van der Waals surface area contributed by atoms with Gasteiger partial charge >= 0.3 is 0 Å². The first-order valence-electron chi connectivity index (χ1n) is 4.17. The maximum absolute atomic E-state index is 11.0. The molecule has 1 saturated carbocycles. The number of hydrogen-bond acceptors (Lipinski definition) is 2. The van der Waals surface area contributed by atoms with Gasteiger partial charge in [0.25, 0.3) is 0 Å². The van der Waals surface area contributed by atoms with E-state index in [9.17, 15) is 8.42 Å². The van der Waals surface area contributed by atoms with Crippen molar-refractivity contribution >= 4 is 42.3 Å². The summed E-state index contributed by atoms with van der Waals surface area (Å²) in [6.45, 7) is 0. The molecule has 76 valence electrons. The molecule has 1 aromatic carbocycles. The average molecular weight is 343 g/mol. The van der Waals surface area contributed by atoms with Crippen molar-refractivity contribution in [3.63, 3.8) is 0 Å². The maximum atomic E-state index is 11.0. The normalized spacial score (nSPS) is 26.1. The summed E-state index contributed by atoms with van der Waals surface area (Å²) in [5, 5.41) is -0.371. The van der Waals surface area contributed by atoms with Crippen molar-refractivity contribution in [3.05, 3.63) is 33.4 Å². The highest BCUT2D eigenvalue weighted by Crippen LogP contribution is 2.47. The number of halogens is 2. The summed E-state index contributed by atoms with van der Waals surface area (Å²) in [6.07, 6.45) is 0.659. The molecule has 0 saturated heterocycles. The van der Waals surface area contributed by atoms with Crippen molar-refractivity contribution in [1.29, 1.82) is 0 Å². The van der Waals surface area contributed by atoms with E-state index in [1.807, 2.05) is 24.3 Å². The third kappa shape index (κ3) is 2.23. The lowest BCUT2D eigenvalue weighted by molar-refractivity contribution is 0.607. The molecule has 5 heteroatoms. The van der Waals surface area contributed by atoms with E-state index in [4.69, 9.17) is 10.7 Å². The maximum Gasteiger partial charge on any atom is 0.236 e. The minimum Gasteiger partial charge on any atom is -0.212 e. The zero-order valence-corrected chi connectivity index (χ0v) is 10.9. The van der Waals surface area contributed by atoms with Gasteiger partial charge in [0.05, 0.1) is 5.25 Å². The van der Waals surface area contributed by atoms with Gasteiger partial charge in [0.1, 0.15) is 0 Å². The third-order valence-electron chi connectivity index (χ3n) is 2.39. The summed E-state index contributed by atoms with van der Waals surface area (Å²) in [4.78, 5) is 0. The Labute approximate surface area is 101 Å². The van der Waals surface area contributed by atoms with Gasteiger partial charge in [-0.2, -0.15) is 0 Å². The number of rotatable bonds is 2. The van der Waals surface area contributed by atoms with Crippen LogP contribution < -0.4 is 0 Å². The summed E-state index contributed by atoms with van der Waals surface area (Å²) in [7, 11) is 1.91. The lowest BCUT2D eigenvalue weighted by Crippen LogP contribution is -1.99. The third-order valence-corrected chi connectivity index (χ3v) is 5.04. The smallest absolute Gasteiger partial charge is 0.212 e. The molecular formula is C9H8ClIO2S. The Morgan fingerprint density at radius 2 is 1.86 bits per heavy atom. The molecule has 0 aromatic heterocycles. The SMILES string of the molecule is O=S(=O)(Cl)[C@@H]1C[C@H]1c1ccc(I)cc1. The van der Waals surface area contributed by atoms with Crippen LogP contribution in [0.3, 0.4) is 0 Å². The fraction of sp³-hybridized carbons (Fsp3) is 0.333. The zero-order chi connectivity index (χ0) is 10.3. The molecule has 0 heterocycles. The summed E-state index contributed by atoms with van der Waals surface area (Å²) in [5.74, 6) is 0.106. The van der Waals surface area contributed by atoms with Gasteiger partial charge in [-0.15, -0.1) is 0 Å². The highest BCUT2D eigenvalue weighted by Gasteiger charge is 2.47. The van der Waals surface area contributed by atoms with Crippen LogP contribution in [-0.2, 0) is 9.05 Å². The van der Waals surface area contributed by atoms with Crippen molar-refractivity contribution in [3.8, 4) is 0 Å². The molecule has 0 aliphatic heterocycles. The second kappa shape index (κ2) is 3.64. The van der Waals surface area contributed by atoms with Crippen LogP contribution in [0.4, 0.5) is 0 Å². The Kier molecular flexibility index (Phi) is 2.79. The van der Waals surface area contributed by atoms with Crippen molar-refractivity contribution in [1.82, 2.24) is 0 Å². The van der Waals surface area contributed by atoms with Gasteiger partial charge in [0.2, 0.25) is 9.05 Å². The monoisotopic (exact) mass is 342 g/mol. The van der Waals surface area contributed by atoms with Crippen molar-refractivity contribution in [2.45, 2.75) is 17.6 Å². The van der Waals surface area contributed by atoms with E-state index in [0.717, 1.165) is 9.13 Å². The molecule has 0 radical (unpaired) electrons. The summed E-state index contributed by atoms with van der Waals surface area (Å²) in [6, 6.07) is 7.89. The molecule has 1 fully saturated rings. The van der Waals surface area contributed by atoms with Gasteiger partial charge < -0.3 is 0 Å². The molecule has 2 rings (SSSR count). The van der Waals surface area contributed by atoms with Crippen LogP contribution in [0.15, 0.2) is 24.3 Å². The Balaban J connectivity index is 2.18. The van der Waals surface area contributed by atoms with Gasteiger partial charge in [0, 0.05) is 20.2 Å². The van der Waals surface area contributed by atoms with Crippen molar-refractivity contribution in [2.24, 2.45) is 0 Å². The topological polar surface area (TPSA) is 34.1 Å². The summed E-state index contributed by atoms with van der Waals surface area (Å²) < 4.78 is 23.2. The van der Waals surface area contributed by atoms with Gasteiger partial charge in [-0.05, 0) is 46.7 Å². The van der Waals surface area contributed by atoms with Gasteiger partial charge in [-0.3, -0.25) is 0 Å². The molecule has 2 atom stereocenters. The Morgan fingerprint density at radius 3 is 2.29 bits per heavy atom. The largest absolute Gasteiger partial charge is 0.236 e. The number of hydrogen-bond donors (Lipinski definition) is 0. The highest BCUT2D eigenvalue weighted by atomic mass is 127. The van der Waals surface area contributed by atoms with E-state index in [1.54, 1.807) is 0 Å². The first-order valence-corrected chi connectivity index (χ1v) is 7.62. The van der Waals surface area contributed by atoms with Gasteiger partial charge in [0.15, 0.2) is 0 Å². The van der Waals surface area contributed by atoms with Crippen LogP contribution >= 0.6 is 33.3 Å². The molecule has 0 bridgehead atoms. The minimum atomic E-state index is -3.37. The number of benzene rings is 1. The van der Waals surface area contributed by atoms with Crippen LogP contribution in [0.25, 0.3) is 0 Å². The molecular weight excluding hydrogens is 335 g/mol. The lowest BCUT2D eigenvalue weighted by Gasteiger charge is -1.98. The fourth-order valence-electron chi connectivity index (χ4n) is 1.54. The van der Waals surface area contributed by atoms with Crippen LogP contribution in [0.5, 0.6) is 0 Å². The van der Waals surface area contributed by atoms with Crippen molar-refractivity contribution < 1.29 is 8.42 Å². The van der Waals surface area contributed by atoms with Gasteiger partial charge in [-0.25, -0.2) is 8.42 Å². The Morgan fingerprint density at radius 1 is 1.29 bits per heavy atom. The second-order valence-electron chi connectivity index (χ2n) is 3.41. The molecule has 2 nitrogen and oxygen atoms in total. The molecule has 1 aromatic rings. The van der Waals surface area contributed by atoms with Crippen LogP contribution in [0.1, 0.15) is 17.9 Å². The first kappa shape index (κ1) is 10.7.